The summed E-state index contributed by atoms with van der Waals surface area (Å²) in [5.41, 5.74) is -0.128. The van der Waals surface area contributed by atoms with Crippen molar-refractivity contribution in [3.63, 3.8) is 0 Å². The third kappa shape index (κ3) is 3.78. The number of amides is 1. The van der Waals surface area contributed by atoms with Crippen LogP contribution in [-0.2, 0) is 21.5 Å². The summed E-state index contributed by atoms with van der Waals surface area (Å²) >= 11 is 0. The maximum Gasteiger partial charge on any atom is 0.224 e. The standard InChI is InChI=1S/C15H23N7O2/c1-15(2,3)14-17-13(18-19-14)11-10-21(8-9-24-11)12(23)4-6-22-7-5-16-20-22/h5,7,11H,4,6,8-10H2,1-3H3,(H,17,18,19). The van der Waals surface area contributed by atoms with E-state index in [0.29, 0.717) is 38.5 Å². The molecule has 0 saturated carbocycles. The second-order valence-corrected chi connectivity index (χ2v) is 6.91. The van der Waals surface area contributed by atoms with Crippen LogP contribution in [0.5, 0.6) is 0 Å². The number of ether oxygens (including phenoxy) is 1. The van der Waals surface area contributed by atoms with Crippen LogP contribution in [0.2, 0.25) is 0 Å². The van der Waals surface area contributed by atoms with Crippen molar-refractivity contribution in [2.24, 2.45) is 0 Å². The quantitative estimate of drug-likeness (QED) is 0.883. The lowest BCUT2D eigenvalue weighted by molar-refractivity contribution is -0.139. The molecule has 1 unspecified atom stereocenters. The van der Waals surface area contributed by atoms with Gasteiger partial charge in [-0.15, -0.1) is 5.10 Å². The van der Waals surface area contributed by atoms with Crippen molar-refractivity contribution in [1.29, 1.82) is 0 Å². The van der Waals surface area contributed by atoms with Crippen LogP contribution in [0.1, 0.15) is 44.9 Å². The van der Waals surface area contributed by atoms with Gasteiger partial charge in [0.1, 0.15) is 6.10 Å². The zero-order valence-electron chi connectivity index (χ0n) is 14.3. The summed E-state index contributed by atoms with van der Waals surface area (Å²) in [6, 6.07) is 0. The topological polar surface area (TPSA) is 102 Å². The number of H-pyrrole nitrogens is 1. The molecule has 0 spiro atoms. The Hall–Kier alpha value is -2.29. The summed E-state index contributed by atoms with van der Waals surface area (Å²) in [6.07, 6.45) is 3.47. The summed E-state index contributed by atoms with van der Waals surface area (Å²) in [4.78, 5) is 18.7. The number of hydrogen-bond acceptors (Lipinski definition) is 6. The lowest BCUT2D eigenvalue weighted by Crippen LogP contribution is -2.42. The van der Waals surface area contributed by atoms with Crippen LogP contribution in [0.25, 0.3) is 0 Å². The fraction of sp³-hybridized carbons (Fsp3) is 0.667. The Morgan fingerprint density at radius 2 is 2.29 bits per heavy atom. The van der Waals surface area contributed by atoms with Gasteiger partial charge in [-0.25, -0.2) is 4.98 Å². The largest absolute Gasteiger partial charge is 0.367 e. The highest BCUT2D eigenvalue weighted by molar-refractivity contribution is 5.76. The van der Waals surface area contributed by atoms with Crippen molar-refractivity contribution < 1.29 is 9.53 Å². The predicted octanol–water partition coefficient (Wildman–Crippen LogP) is 0.684. The van der Waals surface area contributed by atoms with E-state index in [9.17, 15) is 4.79 Å². The van der Waals surface area contributed by atoms with Crippen LogP contribution in [0, 0.1) is 0 Å². The van der Waals surface area contributed by atoms with Crippen molar-refractivity contribution in [2.75, 3.05) is 19.7 Å². The molecule has 1 atom stereocenters. The number of carbonyl (C=O) groups excluding carboxylic acids is 1. The number of rotatable bonds is 4. The molecule has 2 aromatic rings. The second kappa shape index (κ2) is 6.68. The van der Waals surface area contributed by atoms with Crippen LogP contribution >= 0.6 is 0 Å². The molecule has 1 aliphatic heterocycles. The van der Waals surface area contributed by atoms with Gasteiger partial charge in [-0.2, -0.15) is 5.10 Å². The first-order valence-electron chi connectivity index (χ1n) is 8.10. The molecular weight excluding hydrogens is 310 g/mol. The average molecular weight is 333 g/mol. The van der Waals surface area contributed by atoms with E-state index < -0.39 is 0 Å². The number of aryl methyl sites for hydroxylation is 1. The van der Waals surface area contributed by atoms with Crippen LogP contribution in [-0.4, -0.2) is 60.7 Å². The average Bonchev–Trinajstić information content (AvgIpc) is 3.23. The van der Waals surface area contributed by atoms with Gasteiger partial charge in [0.2, 0.25) is 5.91 Å². The Labute approximate surface area is 140 Å². The van der Waals surface area contributed by atoms with Crippen LogP contribution in [0.3, 0.4) is 0 Å². The van der Waals surface area contributed by atoms with Crippen molar-refractivity contribution in [1.82, 2.24) is 35.1 Å². The summed E-state index contributed by atoms with van der Waals surface area (Å²) in [7, 11) is 0. The monoisotopic (exact) mass is 333 g/mol. The maximum atomic E-state index is 12.4. The van der Waals surface area contributed by atoms with Gasteiger partial charge in [0, 0.05) is 24.6 Å². The minimum Gasteiger partial charge on any atom is -0.367 e. The van der Waals surface area contributed by atoms with E-state index in [1.165, 1.54) is 0 Å². The zero-order valence-corrected chi connectivity index (χ0v) is 14.3. The molecule has 24 heavy (non-hydrogen) atoms. The Kier molecular flexibility index (Phi) is 4.61. The van der Waals surface area contributed by atoms with Gasteiger partial charge in [0.05, 0.1) is 25.9 Å². The van der Waals surface area contributed by atoms with Gasteiger partial charge in [0.15, 0.2) is 11.6 Å². The number of nitrogens with zero attached hydrogens (tertiary/aromatic N) is 6. The van der Waals surface area contributed by atoms with Gasteiger partial charge in [-0.3, -0.25) is 14.6 Å². The zero-order chi connectivity index (χ0) is 17.2. The Balaban J connectivity index is 1.59. The Morgan fingerprint density at radius 3 is 2.96 bits per heavy atom. The first kappa shape index (κ1) is 16.6. The van der Waals surface area contributed by atoms with Crippen molar-refractivity contribution in [2.45, 2.75) is 45.3 Å². The smallest absolute Gasteiger partial charge is 0.224 e. The van der Waals surface area contributed by atoms with E-state index in [-0.39, 0.29) is 17.4 Å². The molecule has 0 bridgehead atoms. The molecule has 9 heteroatoms. The molecule has 9 nitrogen and oxygen atoms in total. The van der Waals surface area contributed by atoms with Gasteiger partial charge in [-0.1, -0.05) is 26.0 Å². The fourth-order valence-corrected chi connectivity index (χ4v) is 2.52. The highest BCUT2D eigenvalue weighted by Crippen LogP contribution is 2.23. The molecule has 0 radical (unpaired) electrons. The number of hydrogen-bond donors (Lipinski definition) is 1. The Bertz CT molecular complexity index is 674. The molecule has 1 fully saturated rings. The molecule has 1 amide bonds. The molecule has 0 aliphatic carbocycles. The highest BCUT2D eigenvalue weighted by atomic mass is 16.5. The number of morpholine rings is 1. The van der Waals surface area contributed by atoms with Crippen LogP contribution in [0.4, 0.5) is 0 Å². The highest BCUT2D eigenvalue weighted by Gasteiger charge is 2.29. The lowest BCUT2D eigenvalue weighted by atomic mass is 9.96. The fourth-order valence-electron chi connectivity index (χ4n) is 2.52. The molecule has 3 rings (SSSR count). The van der Waals surface area contributed by atoms with E-state index in [2.05, 4.69) is 46.3 Å². The van der Waals surface area contributed by atoms with E-state index in [1.54, 1.807) is 17.1 Å². The molecule has 3 heterocycles. The third-order valence-electron chi connectivity index (χ3n) is 3.92. The SMILES string of the molecule is CC(C)(C)c1n[nH]c(C2CN(C(=O)CCn3ccnn3)CCO2)n1. The summed E-state index contributed by atoms with van der Waals surface area (Å²) in [5, 5.41) is 14.8. The van der Waals surface area contributed by atoms with Crippen LogP contribution < -0.4 is 0 Å². The maximum absolute atomic E-state index is 12.4. The number of carbonyl (C=O) groups is 1. The molecular formula is C15H23N7O2. The van der Waals surface area contributed by atoms with E-state index in [4.69, 9.17) is 4.74 Å². The molecule has 1 saturated heterocycles. The normalized spacial score (nSPS) is 18.8. The minimum absolute atomic E-state index is 0.0781. The predicted molar refractivity (Wildman–Crippen MR) is 85.0 cm³/mol. The van der Waals surface area contributed by atoms with Gasteiger partial charge >= 0.3 is 0 Å². The van der Waals surface area contributed by atoms with Gasteiger partial charge < -0.3 is 9.64 Å². The van der Waals surface area contributed by atoms with Gasteiger partial charge in [-0.05, 0) is 0 Å². The number of aromatic nitrogens is 6. The van der Waals surface area contributed by atoms with E-state index in [1.807, 2.05) is 4.90 Å². The lowest BCUT2D eigenvalue weighted by Gasteiger charge is -2.32. The summed E-state index contributed by atoms with van der Waals surface area (Å²) in [6.45, 7) is 8.26. The van der Waals surface area contributed by atoms with E-state index in [0.717, 1.165) is 5.82 Å². The molecule has 0 aromatic carbocycles. The Morgan fingerprint density at radius 1 is 1.46 bits per heavy atom. The van der Waals surface area contributed by atoms with E-state index >= 15 is 0 Å². The first-order valence-corrected chi connectivity index (χ1v) is 8.10. The second-order valence-electron chi connectivity index (χ2n) is 6.91. The van der Waals surface area contributed by atoms with Crippen molar-refractivity contribution >= 4 is 5.91 Å². The minimum atomic E-state index is -0.266. The number of aromatic amines is 1. The van der Waals surface area contributed by atoms with Crippen molar-refractivity contribution in [3.8, 4) is 0 Å². The molecule has 1 aliphatic rings. The first-order chi connectivity index (χ1) is 11.4. The van der Waals surface area contributed by atoms with Crippen molar-refractivity contribution in [3.05, 3.63) is 24.0 Å². The molecule has 130 valence electrons. The summed E-state index contributed by atoms with van der Waals surface area (Å²) in [5.74, 6) is 1.50. The molecule has 1 N–H and O–H groups in total. The summed E-state index contributed by atoms with van der Waals surface area (Å²) < 4.78 is 7.42. The third-order valence-corrected chi connectivity index (χ3v) is 3.92. The number of nitrogens with one attached hydrogen (secondary N) is 1. The van der Waals surface area contributed by atoms with Crippen LogP contribution in [0.15, 0.2) is 12.4 Å². The van der Waals surface area contributed by atoms with Gasteiger partial charge in [0.25, 0.3) is 0 Å². The molecule has 2 aromatic heterocycles.